The monoisotopic (exact) mass is 405 g/mol. The molecule has 0 saturated carbocycles. The predicted octanol–water partition coefficient (Wildman–Crippen LogP) is 2.20. The third-order valence-electron chi connectivity index (χ3n) is 5.82. The van der Waals surface area contributed by atoms with E-state index in [0.29, 0.717) is 36.6 Å². The molecule has 0 atom stereocenters. The molecule has 0 bridgehead atoms. The van der Waals surface area contributed by atoms with Crippen molar-refractivity contribution in [2.45, 2.75) is 13.8 Å². The van der Waals surface area contributed by atoms with Gasteiger partial charge in [0.2, 0.25) is 0 Å². The number of imide groups is 1. The van der Waals surface area contributed by atoms with E-state index < -0.39 is 0 Å². The van der Waals surface area contributed by atoms with E-state index >= 15 is 0 Å². The first-order valence-electron chi connectivity index (χ1n) is 10.3. The number of amides is 2. The summed E-state index contributed by atoms with van der Waals surface area (Å²) in [7, 11) is 0. The van der Waals surface area contributed by atoms with Crippen LogP contribution in [0.15, 0.2) is 54.2 Å². The van der Waals surface area contributed by atoms with Gasteiger partial charge in [0, 0.05) is 32.7 Å². The van der Waals surface area contributed by atoms with Crippen molar-refractivity contribution in [2.24, 2.45) is 0 Å². The Labute approximate surface area is 177 Å². The number of anilines is 1. The molecule has 0 radical (unpaired) electrons. The van der Waals surface area contributed by atoms with Crippen LogP contribution in [0.4, 0.5) is 5.69 Å². The lowest BCUT2D eigenvalue weighted by Gasteiger charge is -2.36. The van der Waals surface area contributed by atoms with Crippen molar-refractivity contribution in [3.05, 3.63) is 70.9 Å². The predicted molar refractivity (Wildman–Crippen MR) is 117 cm³/mol. The smallest absolute Gasteiger partial charge is 0.282 e. The number of rotatable bonds is 5. The largest absolute Gasteiger partial charge is 0.395 e. The molecule has 156 valence electrons. The Morgan fingerprint density at radius 2 is 1.60 bits per heavy atom. The Hall–Kier alpha value is -2.96. The number of aryl methyl sites for hydroxylation is 2. The topological polar surface area (TPSA) is 64.1 Å². The maximum absolute atomic E-state index is 13.6. The lowest BCUT2D eigenvalue weighted by Crippen LogP contribution is -2.48. The highest BCUT2D eigenvalue weighted by Crippen LogP contribution is 2.36. The Morgan fingerprint density at radius 1 is 0.900 bits per heavy atom. The van der Waals surface area contributed by atoms with Crippen LogP contribution >= 0.6 is 0 Å². The summed E-state index contributed by atoms with van der Waals surface area (Å²) in [5.41, 5.74) is 4.34. The second-order valence-corrected chi connectivity index (χ2v) is 7.88. The Balaban J connectivity index is 1.74. The van der Waals surface area contributed by atoms with E-state index in [1.807, 2.05) is 67.3 Å². The maximum Gasteiger partial charge on any atom is 0.282 e. The van der Waals surface area contributed by atoms with Crippen molar-refractivity contribution in [1.82, 2.24) is 9.80 Å². The summed E-state index contributed by atoms with van der Waals surface area (Å²) in [6.07, 6.45) is 0. The summed E-state index contributed by atoms with van der Waals surface area (Å²) >= 11 is 0. The molecule has 2 aliphatic heterocycles. The lowest BCUT2D eigenvalue weighted by molar-refractivity contribution is -0.120. The van der Waals surface area contributed by atoms with E-state index in [0.717, 1.165) is 29.8 Å². The Kier molecular flexibility index (Phi) is 5.70. The normalized spacial score (nSPS) is 18.0. The van der Waals surface area contributed by atoms with Crippen LogP contribution in [-0.2, 0) is 9.59 Å². The van der Waals surface area contributed by atoms with Crippen molar-refractivity contribution in [3.63, 3.8) is 0 Å². The van der Waals surface area contributed by atoms with Crippen molar-refractivity contribution < 1.29 is 14.7 Å². The fourth-order valence-electron chi connectivity index (χ4n) is 4.29. The molecule has 2 aromatic rings. The van der Waals surface area contributed by atoms with Crippen molar-refractivity contribution in [2.75, 3.05) is 44.2 Å². The highest BCUT2D eigenvalue weighted by molar-refractivity contribution is 6.45. The number of aliphatic hydroxyl groups excluding tert-OH is 1. The van der Waals surface area contributed by atoms with Crippen LogP contribution in [0.2, 0.25) is 0 Å². The molecule has 1 saturated heterocycles. The third kappa shape index (κ3) is 3.64. The SMILES string of the molecule is Cc1ccc(N2C(=O)C(c3ccccc3)=C(N3CCN(CCO)CC3)C2=O)c(C)c1. The fourth-order valence-corrected chi connectivity index (χ4v) is 4.29. The summed E-state index contributed by atoms with van der Waals surface area (Å²) < 4.78 is 0. The van der Waals surface area contributed by atoms with E-state index in [-0.39, 0.29) is 18.4 Å². The maximum atomic E-state index is 13.6. The fraction of sp³-hybridized carbons (Fsp3) is 0.333. The van der Waals surface area contributed by atoms with Gasteiger partial charge < -0.3 is 10.0 Å². The number of aliphatic hydroxyl groups is 1. The highest BCUT2D eigenvalue weighted by atomic mass is 16.3. The first kappa shape index (κ1) is 20.3. The van der Waals surface area contributed by atoms with Crippen LogP contribution in [0.25, 0.3) is 5.57 Å². The van der Waals surface area contributed by atoms with Crippen LogP contribution in [0.5, 0.6) is 0 Å². The quantitative estimate of drug-likeness (QED) is 0.773. The molecule has 2 heterocycles. The molecular weight excluding hydrogens is 378 g/mol. The molecule has 2 amide bonds. The van der Waals surface area contributed by atoms with Crippen LogP contribution in [0, 0.1) is 13.8 Å². The molecule has 4 rings (SSSR count). The van der Waals surface area contributed by atoms with E-state index in [1.54, 1.807) is 0 Å². The second kappa shape index (κ2) is 8.42. The molecule has 0 unspecified atom stereocenters. The summed E-state index contributed by atoms with van der Waals surface area (Å²) in [4.78, 5) is 32.7. The van der Waals surface area contributed by atoms with Gasteiger partial charge in [0.05, 0.1) is 17.9 Å². The van der Waals surface area contributed by atoms with Gasteiger partial charge in [0.25, 0.3) is 11.8 Å². The zero-order chi connectivity index (χ0) is 21.3. The van der Waals surface area contributed by atoms with Crippen molar-refractivity contribution >= 4 is 23.1 Å². The first-order valence-corrected chi connectivity index (χ1v) is 10.3. The minimum atomic E-state index is -0.272. The number of piperazine rings is 1. The minimum Gasteiger partial charge on any atom is -0.395 e. The Morgan fingerprint density at radius 3 is 2.23 bits per heavy atom. The highest BCUT2D eigenvalue weighted by Gasteiger charge is 2.43. The molecule has 6 heteroatoms. The summed E-state index contributed by atoms with van der Waals surface area (Å²) in [5, 5.41) is 9.20. The Bertz CT molecular complexity index is 992. The molecule has 30 heavy (non-hydrogen) atoms. The zero-order valence-corrected chi connectivity index (χ0v) is 17.5. The minimum absolute atomic E-state index is 0.121. The van der Waals surface area contributed by atoms with Gasteiger partial charge in [-0.05, 0) is 31.0 Å². The molecule has 0 aliphatic carbocycles. The van der Waals surface area contributed by atoms with E-state index in [4.69, 9.17) is 0 Å². The summed E-state index contributed by atoms with van der Waals surface area (Å²) in [6, 6.07) is 15.2. The van der Waals surface area contributed by atoms with Gasteiger partial charge >= 0.3 is 0 Å². The molecule has 2 aromatic carbocycles. The van der Waals surface area contributed by atoms with Crippen LogP contribution in [0.1, 0.15) is 16.7 Å². The van der Waals surface area contributed by atoms with Crippen molar-refractivity contribution in [3.8, 4) is 0 Å². The summed E-state index contributed by atoms with van der Waals surface area (Å²) in [6.45, 7) is 7.45. The molecule has 1 N–H and O–H groups in total. The number of β-amino-alcohol motifs (C(OH)–C–C–N with tert-alkyl or cyclic N) is 1. The van der Waals surface area contributed by atoms with E-state index in [1.165, 1.54) is 4.90 Å². The van der Waals surface area contributed by atoms with Gasteiger partial charge in [-0.25, -0.2) is 4.90 Å². The summed E-state index contributed by atoms with van der Waals surface area (Å²) in [5.74, 6) is -0.535. The van der Waals surface area contributed by atoms with E-state index in [2.05, 4.69) is 4.90 Å². The number of benzene rings is 2. The van der Waals surface area contributed by atoms with Gasteiger partial charge in [-0.1, -0.05) is 48.0 Å². The van der Waals surface area contributed by atoms with E-state index in [9.17, 15) is 14.7 Å². The first-order chi connectivity index (χ1) is 14.5. The van der Waals surface area contributed by atoms with Gasteiger partial charge in [-0.2, -0.15) is 0 Å². The van der Waals surface area contributed by atoms with Crippen LogP contribution < -0.4 is 4.90 Å². The third-order valence-corrected chi connectivity index (χ3v) is 5.82. The van der Waals surface area contributed by atoms with Gasteiger partial charge in [-0.15, -0.1) is 0 Å². The molecule has 2 aliphatic rings. The van der Waals surface area contributed by atoms with Crippen LogP contribution in [0.3, 0.4) is 0 Å². The van der Waals surface area contributed by atoms with Gasteiger partial charge in [0.1, 0.15) is 5.70 Å². The number of hydrogen-bond donors (Lipinski definition) is 1. The zero-order valence-electron chi connectivity index (χ0n) is 17.5. The average Bonchev–Trinajstić information content (AvgIpc) is 3.00. The van der Waals surface area contributed by atoms with Crippen molar-refractivity contribution in [1.29, 1.82) is 0 Å². The van der Waals surface area contributed by atoms with Gasteiger partial charge in [0.15, 0.2) is 0 Å². The van der Waals surface area contributed by atoms with Crippen LogP contribution in [-0.4, -0.2) is 66.1 Å². The number of nitrogens with zero attached hydrogens (tertiary/aromatic N) is 3. The van der Waals surface area contributed by atoms with Gasteiger partial charge in [-0.3, -0.25) is 14.5 Å². The lowest BCUT2D eigenvalue weighted by atomic mass is 10.0. The number of carbonyl (C=O) groups excluding carboxylic acids is 2. The molecule has 1 fully saturated rings. The number of carbonyl (C=O) groups is 2. The average molecular weight is 405 g/mol. The number of hydrogen-bond acceptors (Lipinski definition) is 5. The molecule has 0 spiro atoms. The standard InChI is InChI=1S/C24H27N3O3/c1-17-8-9-20(18(2)16-17)27-23(29)21(19-6-4-3-5-7-19)22(24(27)30)26-12-10-25(11-13-26)14-15-28/h3-9,16,28H,10-15H2,1-2H3. The second-order valence-electron chi connectivity index (χ2n) is 7.88. The molecule has 0 aromatic heterocycles. The molecular formula is C24H27N3O3. The molecule has 6 nitrogen and oxygen atoms in total.